The number of hydrogen-bond donors (Lipinski definition) is 2. The summed E-state index contributed by atoms with van der Waals surface area (Å²) in [6.45, 7) is 2.39. The van der Waals surface area contributed by atoms with E-state index < -0.39 is 11.9 Å². The zero-order chi connectivity index (χ0) is 20.3. The molecule has 0 bridgehead atoms. The van der Waals surface area contributed by atoms with Crippen LogP contribution in [0.2, 0.25) is 10.0 Å². The van der Waals surface area contributed by atoms with Crippen LogP contribution >= 0.6 is 23.2 Å². The highest BCUT2D eigenvalue weighted by Gasteiger charge is 2.15. The average molecular weight is 422 g/mol. The Morgan fingerprint density at radius 3 is 2.68 bits per heavy atom. The maximum absolute atomic E-state index is 12.5. The molecule has 0 saturated heterocycles. The van der Waals surface area contributed by atoms with Gasteiger partial charge in [-0.15, -0.1) is 0 Å². The minimum atomic E-state index is -0.961. The number of aromatic nitrogens is 4. The molecular formula is C18H17Cl2N5O3. The number of carbonyl (C=O) groups excluding carboxylic acids is 1. The fourth-order valence-electron chi connectivity index (χ4n) is 2.63. The average Bonchev–Trinajstić information content (AvgIpc) is 3.22. The highest BCUT2D eigenvalue weighted by Crippen LogP contribution is 2.22. The minimum absolute atomic E-state index is 0.105. The Hall–Kier alpha value is -2.84. The molecule has 2 N–H and O–H groups in total. The summed E-state index contributed by atoms with van der Waals surface area (Å²) in [5.41, 5.74) is 1.94. The van der Waals surface area contributed by atoms with Crippen molar-refractivity contribution in [3.05, 3.63) is 63.5 Å². The molecule has 0 unspecified atom stereocenters. The molecule has 0 aliphatic rings. The van der Waals surface area contributed by atoms with E-state index in [1.54, 1.807) is 22.9 Å². The lowest BCUT2D eigenvalue weighted by molar-refractivity contribution is -0.137. The second kappa shape index (κ2) is 8.45. The third-order valence-electron chi connectivity index (χ3n) is 4.04. The van der Waals surface area contributed by atoms with E-state index in [-0.39, 0.29) is 18.7 Å². The van der Waals surface area contributed by atoms with Gasteiger partial charge in [0, 0.05) is 28.0 Å². The number of hydrogen-bond acceptors (Lipinski definition) is 4. The summed E-state index contributed by atoms with van der Waals surface area (Å²) in [6.07, 6.45) is 1.32. The van der Waals surface area contributed by atoms with E-state index in [0.29, 0.717) is 22.4 Å². The van der Waals surface area contributed by atoms with E-state index in [4.69, 9.17) is 28.3 Å². The number of nitrogens with one attached hydrogen (secondary N) is 1. The SMILES string of the molecule is Cc1cc(NC(=O)c2ccnn2CCC(=O)O)nn1Cc1ccc(Cl)cc1Cl. The van der Waals surface area contributed by atoms with Crippen LogP contribution in [0.5, 0.6) is 0 Å². The van der Waals surface area contributed by atoms with E-state index in [9.17, 15) is 9.59 Å². The number of carboxylic acid groups (broad SMARTS) is 1. The lowest BCUT2D eigenvalue weighted by Crippen LogP contribution is -2.19. The van der Waals surface area contributed by atoms with E-state index in [1.807, 2.05) is 13.0 Å². The van der Waals surface area contributed by atoms with Crippen molar-refractivity contribution in [2.45, 2.75) is 26.4 Å². The molecule has 0 fully saturated rings. The molecule has 0 spiro atoms. The first-order chi connectivity index (χ1) is 13.3. The second-order valence-corrected chi connectivity index (χ2v) is 6.95. The number of halogens is 2. The number of benzene rings is 1. The molecule has 10 heteroatoms. The fraction of sp³-hybridized carbons (Fsp3) is 0.222. The molecule has 1 aromatic carbocycles. The molecule has 28 heavy (non-hydrogen) atoms. The molecular weight excluding hydrogens is 405 g/mol. The van der Waals surface area contributed by atoms with Crippen LogP contribution in [0.3, 0.4) is 0 Å². The van der Waals surface area contributed by atoms with Crippen molar-refractivity contribution in [2.75, 3.05) is 5.32 Å². The molecule has 0 atom stereocenters. The van der Waals surface area contributed by atoms with Gasteiger partial charge < -0.3 is 10.4 Å². The number of rotatable bonds is 7. The summed E-state index contributed by atoms with van der Waals surface area (Å²) in [7, 11) is 0. The number of aliphatic carboxylic acids is 1. The van der Waals surface area contributed by atoms with Crippen molar-refractivity contribution in [1.82, 2.24) is 19.6 Å². The van der Waals surface area contributed by atoms with Crippen LogP contribution in [0, 0.1) is 6.92 Å². The first-order valence-electron chi connectivity index (χ1n) is 8.37. The smallest absolute Gasteiger partial charge is 0.305 e. The summed E-state index contributed by atoms with van der Waals surface area (Å²) >= 11 is 12.1. The van der Waals surface area contributed by atoms with Crippen LogP contribution in [0.15, 0.2) is 36.5 Å². The predicted molar refractivity (Wildman–Crippen MR) is 105 cm³/mol. The van der Waals surface area contributed by atoms with Crippen LogP contribution in [0.25, 0.3) is 0 Å². The molecule has 3 aromatic rings. The van der Waals surface area contributed by atoms with Gasteiger partial charge in [-0.2, -0.15) is 10.2 Å². The molecule has 146 valence electrons. The van der Waals surface area contributed by atoms with Gasteiger partial charge in [0.25, 0.3) is 5.91 Å². The van der Waals surface area contributed by atoms with Crippen molar-refractivity contribution >= 4 is 40.9 Å². The summed E-state index contributed by atoms with van der Waals surface area (Å²) in [6, 6.07) is 8.50. The minimum Gasteiger partial charge on any atom is -0.481 e. The zero-order valence-electron chi connectivity index (χ0n) is 14.9. The van der Waals surface area contributed by atoms with Crippen molar-refractivity contribution < 1.29 is 14.7 Å². The van der Waals surface area contributed by atoms with Crippen LogP contribution in [0.1, 0.15) is 28.2 Å². The molecule has 3 rings (SSSR count). The van der Waals surface area contributed by atoms with Gasteiger partial charge in [0.2, 0.25) is 0 Å². The van der Waals surface area contributed by atoms with Gasteiger partial charge in [-0.3, -0.25) is 19.0 Å². The van der Waals surface area contributed by atoms with Crippen LogP contribution in [-0.4, -0.2) is 36.5 Å². The molecule has 1 amide bonds. The van der Waals surface area contributed by atoms with Crippen LogP contribution in [-0.2, 0) is 17.9 Å². The first-order valence-corrected chi connectivity index (χ1v) is 9.12. The number of nitrogens with zero attached hydrogens (tertiary/aromatic N) is 4. The van der Waals surface area contributed by atoms with Crippen LogP contribution < -0.4 is 5.32 Å². The normalized spacial score (nSPS) is 10.8. The standard InChI is InChI=1S/C18H17Cl2N5O3/c1-11-8-16(23-25(11)10-12-2-3-13(19)9-14(12)20)22-18(28)15-4-6-21-24(15)7-5-17(26)27/h2-4,6,8-9H,5,7,10H2,1H3,(H,26,27)(H,22,23,28). The Morgan fingerprint density at radius 1 is 1.18 bits per heavy atom. The molecule has 2 heterocycles. The zero-order valence-corrected chi connectivity index (χ0v) is 16.4. The van der Waals surface area contributed by atoms with E-state index in [0.717, 1.165) is 11.3 Å². The van der Waals surface area contributed by atoms with Gasteiger partial charge in [-0.25, -0.2) is 0 Å². The molecule has 0 aliphatic carbocycles. The molecule has 0 radical (unpaired) electrons. The maximum Gasteiger partial charge on any atom is 0.305 e. The molecule has 0 aliphatic heterocycles. The highest BCUT2D eigenvalue weighted by atomic mass is 35.5. The molecule has 2 aromatic heterocycles. The highest BCUT2D eigenvalue weighted by molar-refractivity contribution is 6.35. The Bertz CT molecular complexity index is 1030. The van der Waals surface area contributed by atoms with Gasteiger partial charge in [-0.05, 0) is 30.7 Å². The topological polar surface area (TPSA) is 102 Å². The summed E-state index contributed by atoms with van der Waals surface area (Å²) in [5, 5.41) is 21.0. The quantitative estimate of drug-likeness (QED) is 0.607. The number of aryl methyl sites for hydroxylation is 2. The van der Waals surface area contributed by atoms with Gasteiger partial charge in [0.05, 0.1) is 19.5 Å². The summed E-state index contributed by atoms with van der Waals surface area (Å²) in [5.74, 6) is -1.01. The summed E-state index contributed by atoms with van der Waals surface area (Å²) < 4.78 is 3.06. The number of carbonyl (C=O) groups is 2. The van der Waals surface area contributed by atoms with E-state index in [2.05, 4.69) is 15.5 Å². The first kappa shape index (κ1) is 19.9. The van der Waals surface area contributed by atoms with Gasteiger partial charge in [0.1, 0.15) is 5.69 Å². The van der Waals surface area contributed by atoms with Crippen molar-refractivity contribution in [3.8, 4) is 0 Å². The van der Waals surface area contributed by atoms with E-state index >= 15 is 0 Å². The second-order valence-electron chi connectivity index (χ2n) is 6.10. The lowest BCUT2D eigenvalue weighted by Gasteiger charge is -2.07. The van der Waals surface area contributed by atoms with Gasteiger partial charge in [-0.1, -0.05) is 29.3 Å². The number of anilines is 1. The molecule has 8 nitrogen and oxygen atoms in total. The largest absolute Gasteiger partial charge is 0.481 e. The number of carboxylic acids is 1. The Balaban J connectivity index is 1.72. The van der Waals surface area contributed by atoms with Gasteiger partial charge >= 0.3 is 5.97 Å². The van der Waals surface area contributed by atoms with Crippen molar-refractivity contribution in [2.24, 2.45) is 0 Å². The molecule has 0 saturated carbocycles. The lowest BCUT2D eigenvalue weighted by atomic mass is 10.2. The predicted octanol–water partition coefficient (Wildman–Crippen LogP) is 3.47. The number of amides is 1. The van der Waals surface area contributed by atoms with E-state index in [1.165, 1.54) is 16.9 Å². The Kier molecular flexibility index (Phi) is 6.01. The summed E-state index contributed by atoms with van der Waals surface area (Å²) in [4.78, 5) is 23.2. The maximum atomic E-state index is 12.5. The third kappa shape index (κ3) is 4.71. The van der Waals surface area contributed by atoms with Crippen LogP contribution in [0.4, 0.5) is 5.82 Å². The van der Waals surface area contributed by atoms with Gasteiger partial charge in [0.15, 0.2) is 5.82 Å². The monoisotopic (exact) mass is 421 g/mol. The fourth-order valence-corrected chi connectivity index (χ4v) is 3.10. The Labute approximate surface area is 170 Å². The van der Waals surface area contributed by atoms with Crippen molar-refractivity contribution in [1.29, 1.82) is 0 Å². The third-order valence-corrected chi connectivity index (χ3v) is 4.63. The Morgan fingerprint density at radius 2 is 1.96 bits per heavy atom. The van der Waals surface area contributed by atoms with Crippen molar-refractivity contribution in [3.63, 3.8) is 0 Å².